The van der Waals surface area contributed by atoms with Crippen molar-refractivity contribution in [3.63, 3.8) is 0 Å². The molecule has 102 valence electrons. The number of amides is 1. The molecule has 0 heterocycles. The summed E-state index contributed by atoms with van der Waals surface area (Å²) in [5.74, 6) is -1.35. The highest BCUT2D eigenvalue weighted by Gasteiger charge is 2.23. The maximum Gasteiger partial charge on any atom is 0.283 e. The van der Waals surface area contributed by atoms with Gasteiger partial charge in [0, 0.05) is 0 Å². The Balaban J connectivity index is 2.69. The summed E-state index contributed by atoms with van der Waals surface area (Å²) in [6.07, 6.45) is 4.57. The number of phenols is 1. The molecule has 6 nitrogen and oxygen atoms in total. The molecule has 0 saturated carbocycles. The van der Waals surface area contributed by atoms with E-state index in [0.29, 0.717) is 11.3 Å². The van der Waals surface area contributed by atoms with E-state index < -0.39 is 5.91 Å². The van der Waals surface area contributed by atoms with Crippen molar-refractivity contribution < 1.29 is 9.90 Å². The maximum absolute atomic E-state index is 12.1. The molecular formula is C14H14N4O2. The fourth-order valence-electron chi connectivity index (χ4n) is 2.29. The second-order valence-corrected chi connectivity index (χ2v) is 4.43. The average molecular weight is 270 g/mol. The Hall–Kier alpha value is -2.81. The van der Waals surface area contributed by atoms with Gasteiger partial charge in [0.05, 0.1) is 12.1 Å². The molecule has 0 bridgehead atoms. The minimum atomic E-state index is -0.740. The molecule has 5 N–H and O–H groups in total. The number of allylic oxidation sites excluding steroid dienone is 2. The summed E-state index contributed by atoms with van der Waals surface area (Å²) in [5.41, 5.74) is 12.0. The summed E-state index contributed by atoms with van der Waals surface area (Å²) in [4.78, 5) is 19.0. The fraction of sp³-hybridized carbons (Fsp3) is 0.214. The Morgan fingerprint density at radius 2 is 2.15 bits per heavy atom. The van der Waals surface area contributed by atoms with Gasteiger partial charge in [-0.2, -0.15) is 4.99 Å². The first-order valence-corrected chi connectivity index (χ1v) is 6.11. The quantitative estimate of drug-likeness (QED) is 0.433. The van der Waals surface area contributed by atoms with Crippen LogP contribution in [0.5, 0.6) is 5.75 Å². The van der Waals surface area contributed by atoms with E-state index in [1.54, 1.807) is 0 Å². The average Bonchev–Trinajstić information content (AvgIpc) is 2.90. The Morgan fingerprint density at radius 3 is 2.70 bits per heavy atom. The van der Waals surface area contributed by atoms with Crippen molar-refractivity contribution >= 4 is 23.1 Å². The molecule has 0 fully saturated rings. The predicted molar refractivity (Wildman–Crippen MR) is 76.3 cm³/mol. The summed E-state index contributed by atoms with van der Waals surface area (Å²) in [6.45, 7) is 7.22. The number of hydrogen-bond donors (Lipinski definition) is 3. The van der Waals surface area contributed by atoms with Crippen LogP contribution in [0.3, 0.4) is 0 Å². The predicted octanol–water partition coefficient (Wildman–Crippen LogP) is 1.92. The molecule has 2 rings (SSSR count). The Bertz CT molecular complexity index is 664. The highest BCUT2D eigenvalue weighted by atomic mass is 16.3. The lowest BCUT2D eigenvalue weighted by atomic mass is 9.96. The zero-order valence-electron chi connectivity index (χ0n) is 10.8. The number of carbonyl (C=O) groups is 1. The van der Waals surface area contributed by atoms with E-state index in [9.17, 15) is 9.90 Å². The Morgan fingerprint density at radius 1 is 1.40 bits per heavy atom. The number of hydrogen-bond acceptors (Lipinski definition) is 2. The van der Waals surface area contributed by atoms with Crippen LogP contribution in [-0.2, 0) is 0 Å². The first-order valence-electron chi connectivity index (χ1n) is 6.11. The number of guanidine groups is 1. The molecule has 1 aliphatic carbocycles. The number of phenolic OH excluding ortho intramolecular Hbond substituents is 1. The lowest BCUT2D eigenvalue weighted by Gasteiger charge is -2.12. The van der Waals surface area contributed by atoms with E-state index in [2.05, 4.69) is 9.84 Å². The van der Waals surface area contributed by atoms with Crippen molar-refractivity contribution in [1.29, 1.82) is 0 Å². The molecule has 0 unspecified atom stereocenters. The summed E-state index contributed by atoms with van der Waals surface area (Å²) >= 11 is 0. The molecule has 0 spiro atoms. The summed E-state index contributed by atoms with van der Waals surface area (Å²) in [5, 5.41) is 9.95. The third kappa shape index (κ3) is 2.47. The number of aromatic hydroxyl groups is 1. The van der Waals surface area contributed by atoms with Crippen LogP contribution in [0.15, 0.2) is 23.2 Å². The van der Waals surface area contributed by atoms with Gasteiger partial charge < -0.3 is 16.6 Å². The van der Waals surface area contributed by atoms with Crippen molar-refractivity contribution in [1.82, 2.24) is 0 Å². The molecule has 1 aromatic rings. The second kappa shape index (κ2) is 5.45. The van der Waals surface area contributed by atoms with Gasteiger partial charge in [-0.1, -0.05) is 17.7 Å². The van der Waals surface area contributed by atoms with E-state index >= 15 is 0 Å². The molecule has 0 aliphatic heterocycles. The molecule has 1 aliphatic rings. The SMILES string of the molecule is [C-]#[N+]c1ccc(O)c(C(=O)N=C(N)N)c1C1=CCCC1. The molecule has 6 heteroatoms. The third-order valence-corrected chi connectivity index (χ3v) is 3.09. The van der Waals surface area contributed by atoms with E-state index in [0.717, 1.165) is 24.8 Å². The first-order chi connectivity index (χ1) is 9.54. The van der Waals surface area contributed by atoms with E-state index in [1.165, 1.54) is 12.1 Å². The second-order valence-electron chi connectivity index (χ2n) is 4.43. The summed E-state index contributed by atoms with van der Waals surface area (Å²) in [7, 11) is 0. The zero-order valence-corrected chi connectivity index (χ0v) is 10.8. The highest BCUT2D eigenvalue weighted by molar-refractivity contribution is 6.08. The number of benzene rings is 1. The van der Waals surface area contributed by atoms with Gasteiger partial charge in [-0.3, -0.25) is 4.79 Å². The van der Waals surface area contributed by atoms with Crippen LogP contribution in [0.1, 0.15) is 35.2 Å². The van der Waals surface area contributed by atoms with Gasteiger partial charge >= 0.3 is 0 Å². The normalized spacial score (nSPS) is 13.4. The molecule has 0 aromatic heterocycles. The van der Waals surface area contributed by atoms with E-state index in [-0.39, 0.29) is 17.3 Å². The van der Waals surface area contributed by atoms with Crippen LogP contribution in [0.2, 0.25) is 0 Å². The van der Waals surface area contributed by atoms with Gasteiger partial charge in [-0.15, -0.1) is 0 Å². The Kier molecular flexibility index (Phi) is 3.71. The van der Waals surface area contributed by atoms with Crippen LogP contribution in [-0.4, -0.2) is 17.0 Å². The fourth-order valence-corrected chi connectivity index (χ4v) is 2.29. The number of nitrogens with two attached hydrogens (primary N) is 2. The van der Waals surface area contributed by atoms with Crippen molar-refractivity contribution in [2.75, 3.05) is 0 Å². The topological polar surface area (TPSA) is 106 Å². The van der Waals surface area contributed by atoms with E-state index in [1.807, 2.05) is 6.08 Å². The highest BCUT2D eigenvalue weighted by Crippen LogP contribution is 2.40. The van der Waals surface area contributed by atoms with Gasteiger partial charge in [0.25, 0.3) is 5.91 Å². The lowest BCUT2D eigenvalue weighted by molar-refractivity contribution is 0.1000. The largest absolute Gasteiger partial charge is 0.507 e. The molecule has 0 radical (unpaired) electrons. The number of carbonyl (C=O) groups excluding carboxylic acids is 1. The maximum atomic E-state index is 12.1. The first kappa shape index (κ1) is 13.6. The van der Waals surface area contributed by atoms with Crippen LogP contribution in [0.4, 0.5) is 5.69 Å². The van der Waals surface area contributed by atoms with Crippen LogP contribution in [0, 0.1) is 6.57 Å². The summed E-state index contributed by atoms with van der Waals surface area (Å²) in [6, 6.07) is 2.80. The van der Waals surface area contributed by atoms with Gasteiger partial charge in [0.1, 0.15) is 5.75 Å². The minimum absolute atomic E-state index is 0.0138. The number of aliphatic imine (C=N–C) groups is 1. The van der Waals surface area contributed by atoms with Crippen molar-refractivity contribution in [2.45, 2.75) is 19.3 Å². The van der Waals surface area contributed by atoms with Crippen LogP contribution < -0.4 is 11.5 Å². The van der Waals surface area contributed by atoms with Crippen LogP contribution in [0.25, 0.3) is 10.4 Å². The minimum Gasteiger partial charge on any atom is -0.507 e. The van der Waals surface area contributed by atoms with Crippen molar-refractivity contribution in [3.05, 3.63) is 40.8 Å². The van der Waals surface area contributed by atoms with Gasteiger partial charge in [0.15, 0.2) is 11.6 Å². The Labute approximate surface area is 116 Å². The van der Waals surface area contributed by atoms with Crippen molar-refractivity contribution in [3.8, 4) is 5.75 Å². The van der Waals surface area contributed by atoms with Gasteiger partial charge in [-0.05, 0) is 30.9 Å². The van der Waals surface area contributed by atoms with E-state index in [4.69, 9.17) is 18.0 Å². The van der Waals surface area contributed by atoms with Crippen LogP contribution >= 0.6 is 0 Å². The monoisotopic (exact) mass is 270 g/mol. The lowest BCUT2D eigenvalue weighted by Crippen LogP contribution is -2.24. The molecule has 20 heavy (non-hydrogen) atoms. The molecule has 0 saturated heterocycles. The molecule has 0 atom stereocenters. The third-order valence-electron chi connectivity index (χ3n) is 3.09. The van der Waals surface area contributed by atoms with Gasteiger partial charge in [0.2, 0.25) is 0 Å². The molecule has 1 aromatic carbocycles. The smallest absolute Gasteiger partial charge is 0.283 e. The molecule has 1 amide bonds. The summed E-state index contributed by atoms with van der Waals surface area (Å²) < 4.78 is 0. The standard InChI is InChI=1S/C14H14N4O2/c1-17-9-6-7-10(19)12(13(20)18-14(15)16)11(9)8-4-2-3-5-8/h4,6-7,19H,2-3,5H2,(H4,15,16,18,20). The van der Waals surface area contributed by atoms with Gasteiger partial charge in [-0.25, -0.2) is 4.85 Å². The van der Waals surface area contributed by atoms with Crippen molar-refractivity contribution in [2.24, 2.45) is 16.5 Å². The number of rotatable bonds is 2. The number of nitrogens with zero attached hydrogens (tertiary/aromatic N) is 2. The molecular weight excluding hydrogens is 256 g/mol. The zero-order chi connectivity index (χ0) is 14.7.